The first kappa shape index (κ1) is 15.2. The van der Waals surface area contributed by atoms with Crippen molar-refractivity contribution in [2.75, 3.05) is 0 Å². The van der Waals surface area contributed by atoms with Crippen molar-refractivity contribution in [2.45, 2.75) is 31.3 Å². The SMILES string of the molecule is CC(c1ccc(Cl)cc1)N1C(=O)NC2(CCc3ccccc32)C1=O. The van der Waals surface area contributed by atoms with E-state index >= 15 is 0 Å². The molecule has 4 rings (SSSR count). The van der Waals surface area contributed by atoms with Crippen molar-refractivity contribution < 1.29 is 9.59 Å². The highest BCUT2D eigenvalue weighted by molar-refractivity contribution is 6.30. The van der Waals surface area contributed by atoms with Crippen LogP contribution in [-0.2, 0) is 16.8 Å². The Bertz CT molecular complexity index is 834. The van der Waals surface area contributed by atoms with Crippen LogP contribution in [0.25, 0.3) is 0 Å². The molecule has 0 saturated carbocycles. The molecule has 1 aliphatic carbocycles. The zero-order valence-electron chi connectivity index (χ0n) is 13.3. The first-order chi connectivity index (χ1) is 11.5. The maximum atomic E-state index is 13.2. The van der Waals surface area contributed by atoms with E-state index in [1.54, 1.807) is 12.1 Å². The van der Waals surface area contributed by atoms with Gasteiger partial charge in [0.15, 0.2) is 0 Å². The Hall–Kier alpha value is -2.33. The summed E-state index contributed by atoms with van der Waals surface area (Å²) in [6.07, 6.45) is 1.41. The number of amides is 3. The number of carbonyl (C=O) groups excluding carboxylic acids is 2. The fourth-order valence-corrected chi connectivity index (χ4v) is 3.93. The quantitative estimate of drug-likeness (QED) is 0.845. The predicted molar refractivity (Wildman–Crippen MR) is 91.7 cm³/mol. The maximum Gasteiger partial charge on any atom is 0.325 e. The van der Waals surface area contributed by atoms with Crippen molar-refractivity contribution in [3.05, 3.63) is 70.2 Å². The van der Waals surface area contributed by atoms with E-state index in [4.69, 9.17) is 11.6 Å². The number of hydrogen-bond donors (Lipinski definition) is 1. The summed E-state index contributed by atoms with van der Waals surface area (Å²) in [6, 6.07) is 14.4. The van der Waals surface area contributed by atoms with Crippen LogP contribution in [0.4, 0.5) is 4.79 Å². The maximum absolute atomic E-state index is 13.2. The van der Waals surface area contributed by atoms with Crippen LogP contribution in [0.15, 0.2) is 48.5 Å². The normalized spacial score (nSPS) is 23.5. The number of hydrogen-bond acceptors (Lipinski definition) is 2. The van der Waals surface area contributed by atoms with Gasteiger partial charge in [-0.05, 0) is 48.6 Å². The van der Waals surface area contributed by atoms with Gasteiger partial charge in [-0.3, -0.25) is 9.69 Å². The molecule has 1 spiro atoms. The van der Waals surface area contributed by atoms with Crippen molar-refractivity contribution in [3.8, 4) is 0 Å². The van der Waals surface area contributed by atoms with E-state index in [0.29, 0.717) is 11.4 Å². The number of nitrogens with zero attached hydrogens (tertiary/aromatic N) is 1. The third-order valence-corrected chi connectivity index (χ3v) is 5.36. The van der Waals surface area contributed by atoms with E-state index in [2.05, 4.69) is 5.32 Å². The molecule has 0 radical (unpaired) electrons. The molecule has 2 aliphatic rings. The van der Waals surface area contributed by atoms with E-state index in [9.17, 15) is 9.59 Å². The molecule has 1 saturated heterocycles. The molecule has 2 aromatic rings. The number of carbonyl (C=O) groups is 2. The molecule has 0 aromatic heterocycles. The van der Waals surface area contributed by atoms with Crippen molar-refractivity contribution in [2.24, 2.45) is 0 Å². The summed E-state index contributed by atoms with van der Waals surface area (Å²) in [4.78, 5) is 27.1. The van der Waals surface area contributed by atoms with E-state index in [1.165, 1.54) is 4.90 Å². The second kappa shape index (κ2) is 5.35. The van der Waals surface area contributed by atoms with Gasteiger partial charge >= 0.3 is 6.03 Å². The average Bonchev–Trinajstić information content (AvgIpc) is 3.07. The molecule has 1 aliphatic heterocycles. The number of imide groups is 1. The Balaban J connectivity index is 1.71. The Labute approximate surface area is 145 Å². The van der Waals surface area contributed by atoms with Crippen LogP contribution in [0.1, 0.15) is 36.1 Å². The molecule has 2 atom stereocenters. The molecule has 122 valence electrons. The highest BCUT2D eigenvalue weighted by Gasteiger charge is 2.56. The van der Waals surface area contributed by atoms with Crippen LogP contribution >= 0.6 is 11.6 Å². The number of halogens is 1. The second-order valence-electron chi connectivity index (χ2n) is 6.40. The molecular formula is C19H17ClN2O2. The van der Waals surface area contributed by atoms with Gasteiger partial charge in [-0.1, -0.05) is 48.0 Å². The first-order valence-corrected chi connectivity index (χ1v) is 8.40. The van der Waals surface area contributed by atoms with E-state index in [-0.39, 0.29) is 18.0 Å². The van der Waals surface area contributed by atoms with Crippen molar-refractivity contribution in [1.29, 1.82) is 0 Å². The topological polar surface area (TPSA) is 49.4 Å². The van der Waals surface area contributed by atoms with Crippen LogP contribution in [0.5, 0.6) is 0 Å². The fourth-order valence-electron chi connectivity index (χ4n) is 3.80. The summed E-state index contributed by atoms with van der Waals surface area (Å²) in [6.45, 7) is 1.86. The van der Waals surface area contributed by atoms with Gasteiger partial charge in [0.05, 0.1) is 6.04 Å². The number of fused-ring (bicyclic) bond motifs is 2. The van der Waals surface area contributed by atoms with Crippen LogP contribution in [0, 0.1) is 0 Å². The minimum atomic E-state index is -0.908. The molecule has 24 heavy (non-hydrogen) atoms. The van der Waals surface area contributed by atoms with Crippen LogP contribution in [0.2, 0.25) is 5.02 Å². The zero-order chi connectivity index (χ0) is 16.9. The molecule has 1 fully saturated rings. The van der Waals surface area contributed by atoms with Gasteiger partial charge in [-0.25, -0.2) is 4.79 Å². The Morgan fingerprint density at radius 1 is 1.12 bits per heavy atom. The van der Waals surface area contributed by atoms with Crippen molar-refractivity contribution in [1.82, 2.24) is 10.2 Å². The van der Waals surface area contributed by atoms with Gasteiger partial charge in [-0.2, -0.15) is 0 Å². The predicted octanol–water partition coefficient (Wildman–Crippen LogP) is 3.79. The van der Waals surface area contributed by atoms with Crippen LogP contribution in [0.3, 0.4) is 0 Å². The van der Waals surface area contributed by atoms with E-state index in [1.807, 2.05) is 43.3 Å². The number of aryl methyl sites for hydroxylation is 1. The minimum absolute atomic E-state index is 0.167. The Morgan fingerprint density at radius 2 is 1.83 bits per heavy atom. The van der Waals surface area contributed by atoms with Crippen molar-refractivity contribution >= 4 is 23.5 Å². The zero-order valence-corrected chi connectivity index (χ0v) is 14.0. The summed E-state index contributed by atoms with van der Waals surface area (Å²) in [7, 11) is 0. The number of benzene rings is 2. The van der Waals surface area contributed by atoms with Gasteiger partial charge in [0.1, 0.15) is 5.54 Å². The number of urea groups is 1. The molecular weight excluding hydrogens is 324 g/mol. The summed E-state index contributed by atoms with van der Waals surface area (Å²) >= 11 is 5.93. The van der Waals surface area contributed by atoms with Gasteiger partial charge in [-0.15, -0.1) is 0 Å². The fraction of sp³-hybridized carbons (Fsp3) is 0.263. The molecule has 5 heteroatoms. The molecule has 2 unspecified atom stereocenters. The molecule has 4 nitrogen and oxygen atoms in total. The summed E-state index contributed by atoms with van der Waals surface area (Å²) in [5, 5.41) is 3.59. The lowest BCUT2D eigenvalue weighted by molar-refractivity contribution is -0.133. The number of nitrogens with one attached hydrogen (secondary N) is 1. The van der Waals surface area contributed by atoms with Gasteiger partial charge in [0.25, 0.3) is 5.91 Å². The third kappa shape index (κ3) is 2.06. The standard InChI is InChI=1S/C19H17ClN2O2/c1-12(13-6-8-15(20)9-7-13)22-17(23)19(21-18(22)24)11-10-14-4-2-3-5-16(14)19/h2-9,12H,10-11H2,1H3,(H,21,24). The van der Waals surface area contributed by atoms with Gasteiger partial charge < -0.3 is 5.32 Å². The number of rotatable bonds is 2. The summed E-state index contributed by atoms with van der Waals surface area (Å²) < 4.78 is 0. The molecule has 1 N–H and O–H groups in total. The summed E-state index contributed by atoms with van der Waals surface area (Å²) in [5.41, 5.74) is 2.03. The summed E-state index contributed by atoms with van der Waals surface area (Å²) in [5.74, 6) is -0.167. The van der Waals surface area contributed by atoms with E-state index < -0.39 is 5.54 Å². The molecule has 2 aromatic carbocycles. The highest BCUT2D eigenvalue weighted by atomic mass is 35.5. The smallest absolute Gasteiger partial charge is 0.319 e. The van der Waals surface area contributed by atoms with Crippen molar-refractivity contribution in [3.63, 3.8) is 0 Å². The Kier molecular flexibility index (Phi) is 3.39. The lowest BCUT2D eigenvalue weighted by Crippen LogP contribution is -2.42. The molecule has 0 bridgehead atoms. The molecule has 1 heterocycles. The average molecular weight is 341 g/mol. The van der Waals surface area contributed by atoms with Gasteiger partial charge in [0, 0.05) is 5.02 Å². The van der Waals surface area contributed by atoms with Gasteiger partial charge in [0.2, 0.25) is 0 Å². The van der Waals surface area contributed by atoms with Crippen LogP contribution in [-0.4, -0.2) is 16.8 Å². The molecule has 3 amide bonds. The van der Waals surface area contributed by atoms with Crippen LogP contribution < -0.4 is 5.32 Å². The monoisotopic (exact) mass is 340 g/mol. The lowest BCUT2D eigenvalue weighted by atomic mass is 9.91. The largest absolute Gasteiger partial charge is 0.325 e. The third-order valence-electron chi connectivity index (χ3n) is 5.11. The second-order valence-corrected chi connectivity index (χ2v) is 6.83. The first-order valence-electron chi connectivity index (χ1n) is 8.02. The minimum Gasteiger partial charge on any atom is -0.319 e. The highest BCUT2D eigenvalue weighted by Crippen LogP contribution is 2.43. The Morgan fingerprint density at radius 3 is 2.58 bits per heavy atom. The van der Waals surface area contributed by atoms with E-state index in [0.717, 1.165) is 23.1 Å². The lowest BCUT2D eigenvalue weighted by Gasteiger charge is -2.25.